The van der Waals surface area contributed by atoms with E-state index >= 15 is 0 Å². The van der Waals surface area contributed by atoms with Crippen LogP contribution in [0.3, 0.4) is 0 Å². The summed E-state index contributed by atoms with van der Waals surface area (Å²) in [5.74, 6) is 0.0620. The molecule has 0 aromatic carbocycles. The molecule has 1 heterocycles. The first-order chi connectivity index (χ1) is 10.6. The molecule has 120 valence electrons. The van der Waals surface area contributed by atoms with Crippen molar-refractivity contribution >= 4 is 11.8 Å². The number of methoxy groups -OCH3 is 1. The predicted molar refractivity (Wildman–Crippen MR) is 87.7 cm³/mol. The minimum Gasteiger partial charge on any atom is -0.481 e. The molecule has 0 aromatic heterocycles. The number of amides is 1. The van der Waals surface area contributed by atoms with Gasteiger partial charge in [0.2, 0.25) is 5.90 Å². The second-order valence-electron chi connectivity index (χ2n) is 4.56. The van der Waals surface area contributed by atoms with Crippen LogP contribution in [0.4, 0.5) is 0 Å². The van der Waals surface area contributed by atoms with Gasteiger partial charge in [-0.3, -0.25) is 9.79 Å². The molecule has 7 heteroatoms. The van der Waals surface area contributed by atoms with Gasteiger partial charge in [0.25, 0.3) is 5.91 Å². The first-order valence-corrected chi connectivity index (χ1v) is 6.82. The third kappa shape index (κ3) is 3.98. The summed E-state index contributed by atoms with van der Waals surface area (Å²) in [5.41, 5.74) is 12.3. The quantitative estimate of drug-likeness (QED) is 0.234. The molecule has 22 heavy (non-hydrogen) atoms. The predicted octanol–water partition coefficient (Wildman–Crippen LogP) is -0.248. The largest absolute Gasteiger partial charge is 0.481 e. The van der Waals surface area contributed by atoms with Crippen LogP contribution in [-0.2, 0) is 9.53 Å². The topological polar surface area (TPSA) is 115 Å². The molecule has 0 aliphatic carbocycles. The second-order valence-corrected chi connectivity index (χ2v) is 4.56. The molecule has 1 aliphatic rings. The summed E-state index contributed by atoms with van der Waals surface area (Å²) < 4.78 is 5.23. The first-order valence-electron chi connectivity index (χ1n) is 6.82. The molecule has 6 N–H and O–H groups in total. The van der Waals surface area contributed by atoms with Crippen molar-refractivity contribution in [2.45, 2.75) is 0 Å². The second kappa shape index (κ2) is 8.68. The zero-order valence-electron chi connectivity index (χ0n) is 12.9. The Labute approximate surface area is 130 Å². The third-order valence-electron chi connectivity index (χ3n) is 3.28. The van der Waals surface area contributed by atoms with Crippen molar-refractivity contribution in [3.05, 3.63) is 48.0 Å². The van der Waals surface area contributed by atoms with E-state index in [4.69, 9.17) is 16.2 Å². The molecule has 1 amide bonds. The average Bonchev–Trinajstić information content (AvgIpc) is 2.48. The maximum Gasteiger partial charge on any atom is 0.261 e. The fourth-order valence-corrected chi connectivity index (χ4v) is 2.07. The number of hydrogen-bond donors (Lipinski definition) is 4. The lowest BCUT2D eigenvalue weighted by atomic mass is 9.89. The van der Waals surface area contributed by atoms with Gasteiger partial charge in [-0.25, -0.2) is 0 Å². The number of ether oxygens (including phenoxy) is 1. The van der Waals surface area contributed by atoms with Crippen molar-refractivity contribution < 1.29 is 9.53 Å². The molecule has 0 saturated carbocycles. The summed E-state index contributed by atoms with van der Waals surface area (Å²) in [6.45, 7) is 5.36. The Bertz CT molecular complexity index is 542. The highest BCUT2D eigenvalue weighted by atomic mass is 16.5. The van der Waals surface area contributed by atoms with E-state index in [1.54, 1.807) is 13.1 Å². The lowest BCUT2D eigenvalue weighted by Gasteiger charge is -2.30. The SMILES string of the molecule is C=C/C(=C(/C(=O)NC(/C=C\N)=C/N)C(=NC)OC)C1CNC1. The molecule has 7 nitrogen and oxygen atoms in total. The Morgan fingerprint density at radius 3 is 2.50 bits per heavy atom. The lowest BCUT2D eigenvalue weighted by Crippen LogP contribution is -2.44. The van der Waals surface area contributed by atoms with E-state index in [0.717, 1.165) is 18.7 Å². The number of rotatable bonds is 6. The van der Waals surface area contributed by atoms with Crippen LogP contribution in [0.15, 0.2) is 53.0 Å². The molecule has 0 radical (unpaired) electrons. The van der Waals surface area contributed by atoms with Crippen molar-refractivity contribution in [1.82, 2.24) is 10.6 Å². The highest BCUT2D eigenvalue weighted by Gasteiger charge is 2.28. The van der Waals surface area contributed by atoms with Crippen LogP contribution in [0.1, 0.15) is 0 Å². The number of nitrogens with one attached hydrogen (secondary N) is 2. The van der Waals surface area contributed by atoms with Gasteiger partial charge in [-0.1, -0.05) is 12.7 Å². The molecule has 1 rings (SSSR count). The van der Waals surface area contributed by atoms with Gasteiger partial charge in [-0.05, 0) is 17.8 Å². The van der Waals surface area contributed by atoms with Crippen molar-refractivity contribution in [1.29, 1.82) is 0 Å². The van der Waals surface area contributed by atoms with Gasteiger partial charge in [0.1, 0.15) is 5.57 Å². The van der Waals surface area contributed by atoms with Crippen molar-refractivity contribution in [3.63, 3.8) is 0 Å². The summed E-state index contributed by atoms with van der Waals surface area (Å²) in [4.78, 5) is 16.7. The Kier molecular flexibility index (Phi) is 6.91. The highest BCUT2D eigenvalue weighted by molar-refractivity contribution is 6.20. The minimum absolute atomic E-state index is 0.195. The monoisotopic (exact) mass is 305 g/mol. The van der Waals surface area contributed by atoms with Crippen molar-refractivity contribution in [2.75, 3.05) is 27.2 Å². The molecule has 1 fully saturated rings. The van der Waals surface area contributed by atoms with Crippen LogP contribution in [0, 0.1) is 5.92 Å². The molecule has 1 aliphatic heterocycles. The summed E-state index contributed by atoms with van der Waals surface area (Å²) in [6, 6.07) is 0. The number of carbonyl (C=O) groups is 1. The summed E-state index contributed by atoms with van der Waals surface area (Å²) in [6.07, 6.45) is 5.70. The molecule has 0 unspecified atom stereocenters. The Morgan fingerprint density at radius 2 is 2.14 bits per heavy atom. The number of allylic oxidation sites excluding steroid dienone is 2. The van der Waals surface area contributed by atoms with Crippen molar-refractivity contribution in [2.24, 2.45) is 22.4 Å². The van der Waals surface area contributed by atoms with Gasteiger partial charge in [0.05, 0.1) is 12.8 Å². The van der Waals surface area contributed by atoms with E-state index in [0.29, 0.717) is 11.3 Å². The van der Waals surface area contributed by atoms with Gasteiger partial charge in [-0.2, -0.15) is 0 Å². The van der Waals surface area contributed by atoms with Crippen LogP contribution in [-0.4, -0.2) is 39.1 Å². The number of carbonyl (C=O) groups excluding carboxylic acids is 1. The standard InChI is InChI=1S/C15H23N5O2/c1-4-12(10-8-19-9-10)13(15(18-2)22-3)14(21)20-11(7-17)5-6-16/h4-7,10,19H,1,8-9,16-17H2,2-3H3,(H,20,21)/b6-5-,11-7+,13-12+,18-15?. The van der Waals surface area contributed by atoms with Gasteiger partial charge in [-0.15, -0.1) is 0 Å². The molecular weight excluding hydrogens is 282 g/mol. The van der Waals surface area contributed by atoms with Gasteiger partial charge in [0, 0.05) is 32.3 Å². The number of aliphatic imine (C=N–C) groups is 1. The zero-order chi connectivity index (χ0) is 16.5. The summed E-state index contributed by atoms with van der Waals surface area (Å²) in [7, 11) is 3.03. The molecule has 0 aromatic rings. The Morgan fingerprint density at radius 1 is 1.45 bits per heavy atom. The zero-order valence-corrected chi connectivity index (χ0v) is 12.9. The van der Waals surface area contributed by atoms with Crippen LogP contribution in [0.25, 0.3) is 0 Å². The third-order valence-corrected chi connectivity index (χ3v) is 3.28. The smallest absolute Gasteiger partial charge is 0.261 e. The first kappa shape index (κ1) is 17.5. The highest BCUT2D eigenvalue weighted by Crippen LogP contribution is 2.22. The summed E-state index contributed by atoms with van der Waals surface area (Å²) in [5, 5.41) is 5.84. The Hall–Kier alpha value is -2.54. The summed E-state index contributed by atoms with van der Waals surface area (Å²) >= 11 is 0. The minimum atomic E-state index is -0.376. The Balaban J connectivity index is 3.23. The fraction of sp³-hybridized carbons (Fsp3) is 0.333. The maximum absolute atomic E-state index is 12.6. The number of nitrogens with zero attached hydrogens (tertiary/aromatic N) is 1. The van der Waals surface area contributed by atoms with Gasteiger partial charge < -0.3 is 26.8 Å². The van der Waals surface area contributed by atoms with Crippen molar-refractivity contribution in [3.8, 4) is 0 Å². The van der Waals surface area contributed by atoms with Gasteiger partial charge >= 0.3 is 0 Å². The van der Waals surface area contributed by atoms with E-state index in [9.17, 15) is 4.79 Å². The van der Waals surface area contributed by atoms with Crippen LogP contribution < -0.4 is 22.1 Å². The molecule has 0 spiro atoms. The van der Waals surface area contributed by atoms with Crippen LogP contribution >= 0.6 is 0 Å². The molecule has 0 atom stereocenters. The number of hydrogen-bond acceptors (Lipinski definition) is 6. The van der Waals surface area contributed by atoms with Crippen LogP contribution in [0.5, 0.6) is 0 Å². The van der Waals surface area contributed by atoms with E-state index in [1.165, 1.54) is 25.6 Å². The normalized spacial score (nSPS) is 17.7. The van der Waals surface area contributed by atoms with Crippen LogP contribution in [0.2, 0.25) is 0 Å². The maximum atomic E-state index is 12.6. The average molecular weight is 305 g/mol. The molecule has 0 bridgehead atoms. The lowest BCUT2D eigenvalue weighted by molar-refractivity contribution is -0.116. The van der Waals surface area contributed by atoms with Gasteiger partial charge in [0.15, 0.2) is 0 Å². The van der Waals surface area contributed by atoms with E-state index in [-0.39, 0.29) is 17.7 Å². The molecule has 1 saturated heterocycles. The van der Waals surface area contributed by atoms with E-state index < -0.39 is 0 Å². The molecular formula is C15H23N5O2. The fourth-order valence-electron chi connectivity index (χ4n) is 2.07. The van der Waals surface area contributed by atoms with E-state index in [1.807, 2.05) is 0 Å². The van der Waals surface area contributed by atoms with E-state index in [2.05, 4.69) is 22.2 Å². The number of nitrogens with two attached hydrogens (primary N) is 2.